The minimum atomic E-state index is -1.23. The maximum atomic E-state index is 13.0. The highest BCUT2D eigenvalue weighted by molar-refractivity contribution is 6.09. The number of ketones is 1. The lowest BCUT2D eigenvalue weighted by atomic mass is 9.87. The number of benzene rings is 2. The van der Waals surface area contributed by atoms with Gasteiger partial charge >= 0.3 is 12.0 Å². The molecule has 0 spiro atoms. The van der Waals surface area contributed by atoms with Crippen LogP contribution in [0.15, 0.2) is 54.6 Å². The van der Waals surface area contributed by atoms with E-state index in [0.717, 1.165) is 4.90 Å². The van der Waals surface area contributed by atoms with E-state index in [-0.39, 0.29) is 0 Å². The van der Waals surface area contributed by atoms with Gasteiger partial charge in [0.25, 0.3) is 5.91 Å². The number of hydrogen-bond donors (Lipinski definition) is 1. The van der Waals surface area contributed by atoms with E-state index < -0.39 is 42.4 Å². The molecule has 1 atom stereocenters. The third-order valence-corrected chi connectivity index (χ3v) is 5.11. The summed E-state index contributed by atoms with van der Waals surface area (Å²) in [4.78, 5) is 50.7. The molecule has 2 aromatic carbocycles. The summed E-state index contributed by atoms with van der Waals surface area (Å²) in [5, 5.41) is 2.70. The lowest BCUT2D eigenvalue weighted by Crippen LogP contribution is -2.44. The molecule has 1 fully saturated rings. The second kappa shape index (κ2) is 9.42. The first kappa shape index (κ1) is 22.0. The smallest absolute Gasteiger partial charge is 0.326 e. The molecule has 0 radical (unpaired) electrons. The van der Waals surface area contributed by atoms with Crippen molar-refractivity contribution in [2.24, 2.45) is 0 Å². The van der Waals surface area contributed by atoms with E-state index in [0.29, 0.717) is 29.9 Å². The first-order valence-electron chi connectivity index (χ1n) is 10.0. The molecule has 1 heterocycles. The molecule has 8 heteroatoms. The minimum absolute atomic E-state index is 0.323. The predicted molar refractivity (Wildman–Crippen MR) is 112 cm³/mol. The van der Waals surface area contributed by atoms with Gasteiger partial charge in [0.15, 0.2) is 12.4 Å². The molecule has 1 saturated heterocycles. The summed E-state index contributed by atoms with van der Waals surface area (Å²) in [6.45, 7) is 3.08. The maximum absolute atomic E-state index is 13.0. The van der Waals surface area contributed by atoms with Gasteiger partial charge in [-0.05, 0) is 43.2 Å². The lowest BCUT2D eigenvalue weighted by Gasteiger charge is -2.25. The number of carbonyl (C=O) groups is 4. The fourth-order valence-corrected chi connectivity index (χ4v) is 3.44. The second-order valence-electron chi connectivity index (χ2n) is 6.99. The van der Waals surface area contributed by atoms with Crippen LogP contribution in [0, 0.1) is 0 Å². The van der Waals surface area contributed by atoms with Gasteiger partial charge in [-0.3, -0.25) is 19.3 Å². The highest BCUT2D eigenvalue weighted by Gasteiger charge is 2.51. The van der Waals surface area contributed by atoms with E-state index in [9.17, 15) is 19.2 Å². The summed E-state index contributed by atoms with van der Waals surface area (Å²) >= 11 is 0. The van der Waals surface area contributed by atoms with Crippen LogP contribution in [0.1, 0.15) is 36.2 Å². The number of hydrogen-bond acceptors (Lipinski definition) is 6. The van der Waals surface area contributed by atoms with Crippen molar-refractivity contribution in [1.29, 1.82) is 0 Å². The Balaban J connectivity index is 1.60. The largest absolute Gasteiger partial charge is 0.494 e. The molecule has 0 aliphatic carbocycles. The summed E-state index contributed by atoms with van der Waals surface area (Å²) in [5.41, 5.74) is -0.228. The van der Waals surface area contributed by atoms with E-state index in [4.69, 9.17) is 9.47 Å². The zero-order chi connectivity index (χ0) is 22.4. The SMILES string of the molecule is CCOc1ccc(C(=O)COC(=O)CN2C(=O)NC(CC)(c3ccccc3)C2=O)cc1. The first-order valence-corrected chi connectivity index (χ1v) is 10.0. The van der Waals surface area contributed by atoms with Crippen LogP contribution in [-0.4, -0.2) is 48.3 Å². The maximum Gasteiger partial charge on any atom is 0.326 e. The van der Waals surface area contributed by atoms with Gasteiger partial charge in [-0.1, -0.05) is 37.3 Å². The average Bonchev–Trinajstić information content (AvgIpc) is 3.04. The fraction of sp³-hybridized carbons (Fsp3) is 0.304. The van der Waals surface area contributed by atoms with Gasteiger partial charge in [0.05, 0.1) is 6.61 Å². The van der Waals surface area contributed by atoms with Crippen molar-refractivity contribution in [3.8, 4) is 5.75 Å². The van der Waals surface area contributed by atoms with Crippen LogP contribution in [0.2, 0.25) is 0 Å². The Bertz CT molecular complexity index is 973. The summed E-state index contributed by atoms with van der Waals surface area (Å²) in [5.74, 6) is -1.14. The molecule has 3 amide bonds. The molecule has 1 N–H and O–H groups in total. The number of ether oxygens (including phenoxy) is 2. The molecule has 0 bridgehead atoms. The predicted octanol–water partition coefficient (Wildman–Crippen LogP) is 2.67. The normalized spacial score (nSPS) is 17.9. The van der Waals surface area contributed by atoms with Gasteiger partial charge in [-0.2, -0.15) is 0 Å². The minimum Gasteiger partial charge on any atom is -0.494 e. The third-order valence-electron chi connectivity index (χ3n) is 5.11. The molecule has 1 unspecified atom stereocenters. The van der Waals surface area contributed by atoms with E-state index in [1.165, 1.54) is 0 Å². The van der Waals surface area contributed by atoms with E-state index in [1.54, 1.807) is 55.5 Å². The summed E-state index contributed by atoms with van der Waals surface area (Å²) in [6, 6.07) is 14.6. The van der Waals surface area contributed by atoms with Gasteiger partial charge in [0, 0.05) is 5.56 Å². The summed E-state index contributed by atoms with van der Waals surface area (Å²) < 4.78 is 10.3. The van der Waals surface area contributed by atoms with Crippen molar-refractivity contribution >= 4 is 23.7 Å². The molecule has 2 aromatic rings. The number of nitrogens with one attached hydrogen (secondary N) is 1. The third kappa shape index (κ3) is 4.58. The molecular formula is C23H24N2O6. The molecule has 8 nitrogen and oxygen atoms in total. The first-order chi connectivity index (χ1) is 14.9. The Morgan fingerprint density at radius 2 is 1.68 bits per heavy atom. The van der Waals surface area contributed by atoms with Crippen LogP contribution in [0.25, 0.3) is 0 Å². The number of nitrogens with zero attached hydrogens (tertiary/aromatic N) is 1. The van der Waals surface area contributed by atoms with Crippen LogP contribution >= 0.6 is 0 Å². The van der Waals surface area contributed by atoms with Gasteiger partial charge in [0.1, 0.15) is 17.8 Å². The van der Waals surface area contributed by atoms with Crippen molar-refractivity contribution in [3.63, 3.8) is 0 Å². The van der Waals surface area contributed by atoms with Gasteiger partial charge in [-0.15, -0.1) is 0 Å². The van der Waals surface area contributed by atoms with E-state index >= 15 is 0 Å². The van der Waals surface area contributed by atoms with Crippen LogP contribution in [0.5, 0.6) is 5.75 Å². The number of Topliss-reactive ketones (excluding diaryl/α,β-unsaturated/α-hetero) is 1. The van der Waals surface area contributed by atoms with E-state index in [2.05, 4.69) is 5.32 Å². The average molecular weight is 424 g/mol. The standard InChI is InChI=1S/C23H24N2O6/c1-3-23(17-8-6-5-7-9-17)21(28)25(22(29)24-23)14-20(27)31-15-19(26)16-10-12-18(13-11-16)30-4-2/h5-13H,3-4,14-15H2,1-2H3,(H,24,29). The van der Waals surface area contributed by atoms with Crippen molar-refractivity contribution in [2.45, 2.75) is 25.8 Å². The Morgan fingerprint density at radius 3 is 2.29 bits per heavy atom. The zero-order valence-electron chi connectivity index (χ0n) is 17.4. The van der Waals surface area contributed by atoms with Gasteiger partial charge < -0.3 is 14.8 Å². The Kier molecular flexibility index (Phi) is 6.69. The lowest BCUT2D eigenvalue weighted by molar-refractivity contribution is -0.147. The van der Waals surface area contributed by atoms with Gasteiger partial charge in [-0.25, -0.2) is 4.79 Å². The molecule has 0 saturated carbocycles. The highest BCUT2D eigenvalue weighted by Crippen LogP contribution is 2.32. The Hall–Kier alpha value is -3.68. The van der Waals surface area contributed by atoms with Crippen molar-refractivity contribution in [1.82, 2.24) is 10.2 Å². The number of urea groups is 1. The van der Waals surface area contributed by atoms with Crippen LogP contribution in [0.4, 0.5) is 4.79 Å². The Morgan fingerprint density at radius 1 is 1.00 bits per heavy atom. The quantitative estimate of drug-likeness (QED) is 0.377. The molecule has 1 aliphatic heterocycles. The van der Waals surface area contributed by atoms with Crippen LogP contribution in [0.3, 0.4) is 0 Å². The summed E-state index contributed by atoms with van der Waals surface area (Å²) in [7, 11) is 0. The molecule has 0 aromatic heterocycles. The van der Waals surface area contributed by atoms with Crippen molar-refractivity contribution in [3.05, 3.63) is 65.7 Å². The molecule has 31 heavy (non-hydrogen) atoms. The summed E-state index contributed by atoms with van der Waals surface area (Å²) in [6.07, 6.45) is 0.323. The topological polar surface area (TPSA) is 102 Å². The molecule has 3 rings (SSSR count). The number of imide groups is 1. The second-order valence-corrected chi connectivity index (χ2v) is 6.99. The fourth-order valence-electron chi connectivity index (χ4n) is 3.44. The van der Waals surface area contributed by atoms with E-state index in [1.807, 2.05) is 13.0 Å². The molecule has 162 valence electrons. The van der Waals surface area contributed by atoms with Crippen LogP contribution in [-0.2, 0) is 19.9 Å². The molecular weight excluding hydrogens is 400 g/mol. The van der Waals surface area contributed by atoms with Crippen LogP contribution < -0.4 is 10.1 Å². The van der Waals surface area contributed by atoms with Crippen molar-refractivity contribution < 1.29 is 28.7 Å². The number of carbonyl (C=O) groups excluding carboxylic acids is 4. The number of esters is 1. The monoisotopic (exact) mass is 424 g/mol. The zero-order valence-corrected chi connectivity index (χ0v) is 17.4. The number of amides is 3. The number of rotatable bonds is 9. The molecule has 1 aliphatic rings. The van der Waals surface area contributed by atoms with Crippen molar-refractivity contribution in [2.75, 3.05) is 19.8 Å². The van der Waals surface area contributed by atoms with Gasteiger partial charge in [0.2, 0.25) is 0 Å². The Labute approximate surface area is 180 Å². The highest BCUT2D eigenvalue weighted by atomic mass is 16.5.